The zero-order valence-corrected chi connectivity index (χ0v) is 18.9. The normalized spacial score (nSPS) is 17.0. The maximum Gasteiger partial charge on any atom is 0.243 e. The average molecular weight is 451 g/mol. The summed E-state index contributed by atoms with van der Waals surface area (Å²) in [5, 5.41) is 5.68. The fourth-order valence-corrected chi connectivity index (χ4v) is 5.53. The van der Waals surface area contributed by atoms with Crippen molar-refractivity contribution in [1.82, 2.24) is 14.6 Å². The van der Waals surface area contributed by atoms with Crippen LogP contribution in [0.25, 0.3) is 0 Å². The highest BCUT2D eigenvalue weighted by molar-refractivity contribution is 7.89. The van der Waals surface area contributed by atoms with Gasteiger partial charge in [-0.1, -0.05) is 13.8 Å². The zero-order chi connectivity index (χ0) is 21.9. The standard InChI is InChI=1S/C20H26N4O4S2/c1-4-23(5-2)30(27,28)18-8-6-17(7-9-18)24-12-15(10-19(24)25)20(26)21-11-16-13-29-14(3)22-16/h6-9,13,15H,4-5,10-12H2,1-3H3,(H,21,26). The number of hydrogen-bond acceptors (Lipinski definition) is 6. The molecule has 0 spiro atoms. The third-order valence-electron chi connectivity index (χ3n) is 5.10. The number of sulfonamides is 1. The molecule has 0 radical (unpaired) electrons. The van der Waals surface area contributed by atoms with E-state index in [1.54, 1.807) is 26.0 Å². The molecule has 0 bridgehead atoms. The van der Waals surface area contributed by atoms with Crippen LogP contribution in [0.2, 0.25) is 0 Å². The number of aryl methyl sites for hydroxylation is 1. The van der Waals surface area contributed by atoms with Crippen LogP contribution in [0.4, 0.5) is 5.69 Å². The number of aromatic nitrogens is 1. The Balaban J connectivity index is 1.65. The summed E-state index contributed by atoms with van der Waals surface area (Å²) >= 11 is 1.52. The molecule has 8 nitrogen and oxygen atoms in total. The van der Waals surface area contributed by atoms with E-state index in [-0.39, 0.29) is 29.7 Å². The Labute approximate surface area is 181 Å². The minimum atomic E-state index is -3.55. The molecule has 0 saturated carbocycles. The molecule has 2 aromatic rings. The zero-order valence-electron chi connectivity index (χ0n) is 17.3. The fraction of sp³-hybridized carbons (Fsp3) is 0.450. The van der Waals surface area contributed by atoms with Gasteiger partial charge in [0.15, 0.2) is 0 Å². The van der Waals surface area contributed by atoms with E-state index in [0.717, 1.165) is 10.7 Å². The Bertz CT molecular complexity index is 1010. The first-order valence-electron chi connectivity index (χ1n) is 9.85. The monoisotopic (exact) mass is 450 g/mol. The molecule has 10 heteroatoms. The summed E-state index contributed by atoms with van der Waals surface area (Å²) < 4.78 is 26.6. The van der Waals surface area contributed by atoms with Crippen molar-refractivity contribution >= 4 is 38.9 Å². The number of hydrogen-bond donors (Lipinski definition) is 1. The van der Waals surface area contributed by atoms with Crippen LogP contribution in [-0.4, -0.2) is 49.2 Å². The highest BCUT2D eigenvalue weighted by atomic mass is 32.2. The molecule has 162 valence electrons. The first kappa shape index (κ1) is 22.4. The molecule has 1 saturated heterocycles. The van der Waals surface area contributed by atoms with Crippen LogP contribution in [-0.2, 0) is 26.2 Å². The molecule has 1 aromatic heterocycles. The molecule has 1 N–H and O–H groups in total. The number of benzene rings is 1. The van der Waals surface area contributed by atoms with E-state index in [1.807, 2.05) is 12.3 Å². The van der Waals surface area contributed by atoms with Gasteiger partial charge in [0.2, 0.25) is 21.8 Å². The minimum Gasteiger partial charge on any atom is -0.350 e. The largest absolute Gasteiger partial charge is 0.350 e. The third kappa shape index (κ3) is 4.71. The van der Waals surface area contributed by atoms with Crippen LogP contribution in [0.3, 0.4) is 0 Å². The third-order valence-corrected chi connectivity index (χ3v) is 7.98. The maximum absolute atomic E-state index is 12.6. The van der Waals surface area contributed by atoms with Crippen molar-refractivity contribution in [1.29, 1.82) is 0 Å². The Hall–Kier alpha value is -2.30. The van der Waals surface area contributed by atoms with Crippen LogP contribution < -0.4 is 10.2 Å². The molecule has 0 aliphatic carbocycles. The molecule has 3 rings (SSSR count). The van der Waals surface area contributed by atoms with E-state index in [2.05, 4.69) is 10.3 Å². The van der Waals surface area contributed by atoms with Gasteiger partial charge in [0.05, 0.1) is 28.1 Å². The maximum atomic E-state index is 12.6. The topological polar surface area (TPSA) is 99.7 Å². The van der Waals surface area contributed by atoms with Crippen molar-refractivity contribution in [2.75, 3.05) is 24.5 Å². The molecule has 1 aromatic carbocycles. The molecular formula is C20H26N4O4S2. The summed E-state index contributed by atoms with van der Waals surface area (Å²) in [6.07, 6.45) is 0.126. The van der Waals surface area contributed by atoms with Gasteiger partial charge in [-0.2, -0.15) is 4.31 Å². The predicted molar refractivity (Wildman–Crippen MR) is 116 cm³/mol. The van der Waals surface area contributed by atoms with Crippen LogP contribution in [0.5, 0.6) is 0 Å². The van der Waals surface area contributed by atoms with Crippen molar-refractivity contribution in [2.24, 2.45) is 5.92 Å². The second-order valence-corrected chi connectivity index (χ2v) is 10.1. The highest BCUT2D eigenvalue weighted by Gasteiger charge is 2.35. The van der Waals surface area contributed by atoms with Gasteiger partial charge < -0.3 is 10.2 Å². The predicted octanol–water partition coefficient (Wildman–Crippen LogP) is 2.15. The SMILES string of the molecule is CCN(CC)S(=O)(=O)c1ccc(N2CC(C(=O)NCc3csc(C)n3)CC2=O)cc1. The Morgan fingerprint density at radius 2 is 1.93 bits per heavy atom. The number of carbonyl (C=O) groups is 2. The van der Waals surface area contributed by atoms with Gasteiger partial charge in [0.1, 0.15) is 0 Å². The number of nitrogens with zero attached hydrogens (tertiary/aromatic N) is 3. The Kier molecular flexibility index (Phi) is 6.89. The number of thiazole rings is 1. The van der Waals surface area contributed by atoms with E-state index in [1.165, 1.54) is 32.7 Å². The number of nitrogens with one attached hydrogen (secondary N) is 1. The Morgan fingerprint density at radius 1 is 1.27 bits per heavy atom. The van der Waals surface area contributed by atoms with Gasteiger partial charge in [-0.25, -0.2) is 13.4 Å². The Morgan fingerprint density at radius 3 is 2.50 bits per heavy atom. The lowest BCUT2D eigenvalue weighted by atomic mass is 10.1. The molecule has 1 unspecified atom stereocenters. The molecule has 2 amide bonds. The van der Waals surface area contributed by atoms with E-state index in [4.69, 9.17) is 0 Å². The first-order chi connectivity index (χ1) is 14.3. The lowest BCUT2D eigenvalue weighted by Crippen LogP contribution is -2.32. The fourth-order valence-electron chi connectivity index (χ4n) is 3.45. The summed E-state index contributed by atoms with van der Waals surface area (Å²) in [7, 11) is -3.55. The first-order valence-corrected chi connectivity index (χ1v) is 12.2. The molecule has 1 aliphatic rings. The van der Waals surface area contributed by atoms with Gasteiger partial charge in [-0.15, -0.1) is 11.3 Å². The molecule has 1 fully saturated rings. The van der Waals surface area contributed by atoms with E-state index in [9.17, 15) is 18.0 Å². The molecule has 1 atom stereocenters. The number of rotatable bonds is 8. The second-order valence-electron chi connectivity index (χ2n) is 7.06. The van der Waals surface area contributed by atoms with E-state index >= 15 is 0 Å². The summed E-state index contributed by atoms with van der Waals surface area (Å²) in [5.74, 6) is -0.785. The number of amides is 2. The van der Waals surface area contributed by atoms with Crippen LogP contribution in [0, 0.1) is 12.8 Å². The summed E-state index contributed by atoms with van der Waals surface area (Å²) in [4.78, 5) is 31.0. The van der Waals surface area contributed by atoms with Crippen molar-refractivity contribution in [3.05, 3.63) is 40.3 Å². The van der Waals surface area contributed by atoms with Crippen molar-refractivity contribution in [2.45, 2.75) is 38.6 Å². The lowest BCUT2D eigenvalue weighted by Gasteiger charge is -2.20. The minimum absolute atomic E-state index is 0.126. The summed E-state index contributed by atoms with van der Waals surface area (Å²) in [6.45, 7) is 6.87. The van der Waals surface area contributed by atoms with Gasteiger partial charge in [0, 0.05) is 37.1 Å². The lowest BCUT2D eigenvalue weighted by molar-refractivity contribution is -0.126. The molecule has 1 aliphatic heterocycles. The van der Waals surface area contributed by atoms with Crippen LogP contribution in [0.1, 0.15) is 31.0 Å². The van der Waals surface area contributed by atoms with Crippen molar-refractivity contribution in [3.63, 3.8) is 0 Å². The number of anilines is 1. The van der Waals surface area contributed by atoms with Gasteiger partial charge in [-0.05, 0) is 31.2 Å². The smallest absolute Gasteiger partial charge is 0.243 e. The highest BCUT2D eigenvalue weighted by Crippen LogP contribution is 2.27. The summed E-state index contributed by atoms with van der Waals surface area (Å²) in [5.41, 5.74) is 1.39. The van der Waals surface area contributed by atoms with Gasteiger partial charge in [-0.3, -0.25) is 9.59 Å². The van der Waals surface area contributed by atoms with Gasteiger partial charge in [0.25, 0.3) is 0 Å². The van der Waals surface area contributed by atoms with Crippen molar-refractivity contribution < 1.29 is 18.0 Å². The second kappa shape index (κ2) is 9.23. The van der Waals surface area contributed by atoms with Crippen LogP contribution in [0.15, 0.2) is 34.5 Å². The van der Waals surface area contributed by atoms with E-state index < -0.39 is 15.9 Å². The number of carbonyl (C=O) groups excluding carboxylic acids is 2. The molecule has 2 heterocycles. The average Bonchev–Trinajstić information content (AvgIpc) is 3.32. The van der Waals surface area contributed by atoms with Crippen molar-refractivity contribution in [3.8, 4) is 0 Å². The molecular weight excluding hydrogens is 424 g/mol. The quantitative estimate of drug-likeness (QED) is 0.664. The summed E-state index contributed by atoms with van der Waals surface area (Å²) in [6, 6.07) is 6.25. The van der Waals surface area contributed by atoms with Crippen LogP contribution >= 0.6 is 11.3 Å². The van der Waals surface area contributed by atoms with E-state index in [0.29, 0.717) is 25.3 Å². The molecule has 30 heavy (non-hydrogen) atoms. The van der Waals surface area contributed by atoms with Gasteiger partial charge >= 0.3 is 0 Å².